The lowest BCUT2D eigenvalue weighted by Crippen LogP contribution is -2.09. The molecule has 1 aromatic rings. The fraction of sp³-hybridized carbons (Fsp3) is 0.167. The molecule has 0 aliphatic heterocycles. The molecule has 0 atom stereocenters. The van der Waals surface area contributed by atoms with E-state index in [0.29, 0.717) is 6.67 Å². The molecular formula is C6H9ClN4. The Morgan fingerprint density at radius 1 is 1.73 bits per heavy atom. The number of rotatable bonds is 3. The fourth-order valence-corrected chi connectivity index (χ4v) is 0.855. The number of hydrogen-bond donors (Lipinski definition) is 1. The fourth-order valence-electron chi connectivity index (χ4n) is 0.667. The Morgan fingerprint density at radius 2 is 2.55 bits per heavy atom. The maximum Gasteiger partial charge on any atom is 0.110 e. The Balaban J connectivity index is 2.43. The highest BCUT2D eigenvalue weighted by molar-refractivity contribution is 6.13. The summed E-state index contributed by atoms with van der Waals surface area (Å²) in [7, 11) is 0. The molecule has 1 rings (SSSR count). The lowest BCUT2D eigenvalue weighted by molar-refractivity contribution is 0.471. The van der Waals surface area contributed by atoms with Crippen LogP contribution < -0.4 is 5.73 Å². The van der Waals surface area contributed by atoms with Crippen molar-refractivity contribution < 1.29 is 0 Å². The molecule has 1 aromatic heterocycles. The Hall–Kier alpha value is -1.16. The summed E-state index contributed by atoms with van der Waals surface area (Å²) < 4.78 is 3.26. The van der Waals surface area contributed by atoms with Gasteiger partial charge in [0.05, 0.1) is 6.33 Å². The molecule has 11 heavy (non-hydrogen) atoms. The number of hydrogen-bond acceptors (Lipinski definition) is 3. The van der Waals surface area contributed by atoms with E-state index in [2.05, 4.69) is 4.98 Å². The first-order chi connectivity index (χ1) is 5.33. The van der Waals surface area contributed by atoms with Crippen LogP contribution >= 0.6 is 11.8 Å². The summed E-state index contributed by atoms with van der Waals surface area (Å²) in [4.78, 5) is 3.86. The Morgan fingerprint density at radius 3 is 3.09 bits per heavy atom. The molecule has 0 aliphatic rings. The van der Waals surface area contributed by atoms with Crippen LogP contribution in [0.5, 0.6) is 0 Å². The SMILES string of the molecule is N/C=C\N(Cl)Cn1ccnc1. The Bertz CT molecular complexity index is 218. The van der Waals surface area contributed by atoms with E-state index in [4.69, 9.17) is 17.5 Å². The van der Waals surface area contributed by atoms with Gasteiger partial charge in [-0.05, 0) is 0 Å². The molecule has 0 saturated heterocycles. The van der Waals surface area contributed by atoms with Crippen LogP contribution in [-0.4, -0.2) is 14.0 Å². The molecule has 1 heterocycles. The van der Waals surface area contributed by atoms with Crippen LogP contribution in [0.2, 0.25) is 0 Å². The molecule has 0 unspecified atom stereocenters. The zero-order chi connectivity index (χ0) is 8.10. The third-order valence-electron chi connectivity index (χ3n) is 1.11. The summed E-state index contributed by atoms with van der Waals surface area (Å²) >= 11 is 5.69. The van der Waals surface area contributed by atoms with Gasteiger partial charge in [0.2, 0.25) is 0 Å². The predicted octanol–water partition coefficient (Wildman–Crippen LogP) is 0.726. The van der Waals surface area contributed by atoms with Crippen LogP contribution in [0.4, 0.5) is 0 Å². The lowest BCUT2D eigenvalue weighted by atomic mass is 10.8. The summed E-state index contributed by atoms with van der Waals surface area (Å²) in [5.41, 5.74) is 5.13. The first-order valence-corrected chi connectivity index (χ1v) is 3.43. The van der Waals surface area contributed by atoms with Gasteiger partial charge in [0.15, 0.2) is 0 Å². The highest BCUT2D eigenvalue weighted by Gasteiger charge is 1.92. The van der Waals surface area contributed by atoms with E-state index < -0.39 is 0 Å². The molecule has 5 heteroatoms. The standard InChI is InChI=1S/C6H9ClN4/c7-11(3-1-8)6-10-4-2-9-5-10/h1-5H,6,8H2/b3-1-. The maximum atomic E-state index is 5.69. The quantitative estimate of drug-likeness (QED) is 0.684. The van der Waals surface area contributed by atoms with E-state index in [9.17, 15) is 0 Å². The average Bonchev–Trinajstić information content (AvgIpc) is 2.40. The van der Waals surface area contributed by atoms with Crippen LogP contribution in [0, 0.1) is 0 Å². The van der Waals surface area contributed by atoms with Gasteiger partial charge in [-0.1, -0.05) is 0 Å². The second kappa shape index (κ2) is 3.88. The number of imidazole rings is 1. The molecule has 0 aromatic carbocycles. The smallest absolute Gasteiger partial charge is 0.110 e. The molecule has 0 saturated carbocycles. The van der Waals surface area contributed by atoms with Crippen LogP contribution in [0.3, 0.4) is 0 Å². The van der Waals surface area contributed by atoms with Gasteiger partial charge >= 0.3 is 0 Å². The minimum Gasteiger partial charge on any atom is -0.403 e. The van der Waals surface area contributed by atoms with E-state index in [1.54, 1.807) is 18.7 Å². The lowest BCUT2D eigenvalue weighted by Gasteiger charge is -2.09. The van der Waals surface area contributed by atoms with Crippen molar-refractivity contribution in [2.75, 3.05) is 0 Å². The number of aromatic nitrogens is 2. The van der Waals surface area contributed by atoms with E-state index in [0.717, 1.165) is 0 Å². The molecule has 0 bridgehead atoms. The van der Waals surface area contributed by atoms with Crippen molar-refractivity contribution in [1.82, 2.24) is 14.0 Å². The summed E-state index contributed by atoms with van der Waals surface area (Å²) in [5, 5.41) is 0. The normalized spacial score (nSPS) is 10.6. The monoisotopic (exact) mass is 172 g/mol. The Kier molecular flexibility index (Phi) is 2.80. The third-order valence-corrected chi connectivity index (χ3v) is 1.33. The summed E-state index contributed by atoms with van der Waals surface area (Å²) in [6, 6.07) is 0. The zero-order valence-corrected chi connectivity index (χ0v) is 6.65. The number of nitrogens with two attached hydrogens (primary N) is 1. The molecule has 4 nitrogen and oxygen atoms in total. The van der Waals surface area contributed by atoms with Gasteiger partial charge < -0.3 is 10.3 Å². The summed E-state index contributed by atoms with van der Waals surface area (Å²) in [6.45, 7) is 0.537. The van der Waals surface area contributed by atoms with Crippen molar-refractivity contribution in [2.24, 2.45) is 5.73 Å². The maximum absolute atomic E-state index is 5.69. The molecular weight excluding hydrogens is 164 g/mol. The molecule has 0 radical (unpaired) electrons. The summed E-state index contributed by atoms with van der Waals surface area (Å²) in [6.07, 6.45) is 8.14. The summed E-state index contributed by atoms with van der Waals surface area (Å²) in [5.74, 6) is 0. The first-order valence-electron chi connectivity index (χ1n) is 3.09. The molecule has 0 spiro atoms. The van der Waals surface area contributed by atoms with Gasteiger partial charge in [-0.25, -0.2) is 4.98 Å². The second-order valence-electron chi connectivity index (χ2n) is 1.96. The number of nitrogens with zero attached hydrogens (tertiary/aromatic N) is 3. The zero-order valence-electron chi connectivity index (χ0n) is 5.89. The van der Waals surface area contributed by atoms with E-state index in [1.807, 2.05) is 10.8 Å². The minimum absolute atomic E-state index is 0.537. The van der Waals surface area contributed by atoms with Crippen molar-refractivity contribution in [2.45, 2.75) is 6.67 Å². The van der Waals surface area contributed by atoms with Gasteiger partial charge in [0, 0.05) is 36.6 Å². The topological polar surface area (TPSA) is 47.1 Å². The van der Waals surface area contributed by atoms with Gasteiger partial charge in [0.25, 0.3) is 0 Å². The van der Waals surface area contributed by atoms with E-state index in [1.165, 1.54) is 10.6 Å². The predicted molar refractivity (Wildman–Crippen MR) is 43.2 cm³/mol. The van der Waals surface area contributed by atoms with Crippen LogP contribution in [0.15, 0.2) is 31.1 Å². The molecule has 60 valence electrons. The van der Waals surface area contributed by atoms with Crippen molar-refractivity contribution >= 4 is 11.8 Å². The van der Waals surface area contributed by atoms with Crippen molar-refractivity contribution in [3.05, 3.63) is 31.1 Å². The molecule has 0 fully saturated rings. The van der Waals surface area contributed by atoms with Crippen LogP contribution in [0.25, 0.3) is 0 Å². The van der Waals surface area contributed by atoms with Gasteiger partial charge in [0.1, 0.15) is 6.67 Å². The number of halogens is 1. The van der Waals surface area contributed by atoms with Gasteiger partial charge in [-0.3, -0.25) is 4.42 Å². The van der Waals surface area contributed by atoms with Crippen LogP contribution in [0.1, 0.15) is 0 Å². The third kappa shape index (κ3) is 2.51. The van der Waals surface area contributed by atoms with Crippen molar-refractivity contribution in [3.8, 4) is 0 Å². The minimum atomic E-state index is 0.537. The molecule has 0 amide bonds. The highest BCUT2D eigenvalue weighted by Crippen LogP contribution is 1.97. The van der Waals surface area contributed by atoms with E-state index in [-0.39, 0.29) is 0 Å². The second-order valence-corrected chi connectivity index (χ2v) is 2.39. The largest absolute Gasteiger partial charge is 0.403 e. The van der Waals surface area contributed by atoms with Crippen molar-refractivity contribution in [1.29, 1.82) is 0 Å². The van der Waals surface area contributed by atoms with Gasteiger partial charge in [-0.2, -0.15) is 0 Å². The van der Waals surface area contributed by atoms with Crippen LogP contribution in [-0.2, 0) is 6.67 Å². The Labute approximate surface area is 70.0 Å². The molecule has 0 aliphatic carbocycles. The first kappa shape index (κ1) is 7.94. The van der Waals surface area contributed by atoms with Crippen molar-refractivity contribution in [3.63, 3.8) is 0 Å². The molecule has 2 N–H and O–H groups in total. The van der Waals surface area contributed by atoms with Gasteiger partial charge in [-0.15, -0.1) is 0 Å². The highest BCUT2D eigenvalue weighted by atomic mass is 35.5. The van der Waals surface area contributed by atoms with E-state index >= 15 is 0 Å². The average molecular weight is 173 g/mol.